The molecule has 2 heterocycles. The van der Waals surface area contributed by atoms with E-state index in [0.29, 0.717) is 12.2 Å². The third-order valence-electron chi connectivity index (χ3n) is 2.42. The number of carbonyl (C=O) groups is 1. The first-order valence-corrected chi connectivity index (χ1v) is 6.25. The van der Waals surface area contributed by atoms with Crippen LogP contribution in [0.4, 0.5) is 0 Å². The van der Waals surface area contributed by atoms with Crippen molar-refractivity contribution in [3.63, 3.8) is 0 Å². The Morgan fingerprint density at radius 1 is 1.59 bits per heavy atom. The van der Waals surface area contributed by atoms with Crippen molar-refractivity contribution >= 4 is 17.2 Å². The van der Waals surface area contributed by atoms with E-state index in [9.17, 15) is 4.79 Å². The zero-order valence-corrected chi connectivity index (χ0v) is 10.6. The molecule has 1 amide bonds. The Bertz CT molecular complexity index is 464. The second kappa shape index (κ2) is 5.09. The number of rotatable bonds is 4. The van der Waals surface area contributed by atoms with Crippen molar-refractivity contribution in [2.75, 3.05) is 0 Å². The molecule has 0 spiro atoms. The maximum Gasteiger partial charge on any atom is 0.276 e. The molecule has 2 aromatic rings. The van der Waals surface area contributed by atoms with E-state index >= 15 is 0 Å². The van der Waals surface area contributed by atoms with Gasteiger partial charge in [-0.05, 0) is 25.3 Å². The summed E-state index contributed by atoms with van der Waals surface area (Å²) < 4.78 is 0. The lowest BCUT2D eigenvalue weighted by molar-refractivity contribution is 0.0686. The Balaban J connectivity index is 2.15. The monoisotopic (exact) mass is 250 g/mol. The lowest BCUT2D eigenvalue weighted by atomic mass is 10.2. The molecule has 0 aromatic carbocycles. The normalized spacial score (nSPS) is 10.8. The van der Waals surface area contributed by atoms with Gasteiger partial charge < -0.3 is 4.90 Å². The summed E-state index contributed by atoms with van der Waals surface area (Å²) in [6.45, 7) is 4.60. The van der Waals surface area contributed by atoms with Crippen molar-refractivity contribution in [1.82, 2.24) is 20.3 Å². The van der Waals surface area contributed by atoms with E-state index in [1.807, 2.05) is 31.4 Å². The Morgan fingerprint density at radius 3 is 2.94 bits per heavy atom. The van der Waals surface area contributed by atoms with Crippen molar-refractivity contribution in [2.24, 2.45) is 0 Å². The first-order chi connectivity index (χ1) is 8.18. The molecule has 0 unspecified atom stereocenters. The topological polar surface area (TPSA) is 61.9 Å². The highest BCUT2D eigenvalue weighted by molar-refractivity contribution is 7.09. The van der Waals surface area contributed by atoms with E-state index in [4.69, 9.17) is 0 Å². The molecule has 90 valence electrons. The summed E-state index contributed by atoms with van der Waals surface area (Å²) in [5.74, 6) is -0.0952. The quantitative estimate of drug-likeness (QED) is 0.901. The number of amides is 1. The number of H-pyrrole nitrogens is 1. The Kier molecular flexibility index (Phi) is 3.53. The standard InChI is InChI=1S/C11H14N4OS/c1-8(2)15(7-9-4-3-5-17-9)11(16)10-6-12-14-13-10/h3-6,8H,7H2,1-2H3,(H,12,13,14). The molecule has 0 saturated carbocycles. The van der Waals surface area contributed by atoms with Gasteiger partial charge in [-0.2, -0.15) is 15.4 Å². The molecule has 17 heavy (non-hydrogen) atoms. The van der Waals surface area contributed by atoms with Crippen LogP contribution in [0.2, 0.25) is 0 Å². The molecule has 0 bridgehead atoms. The van der Waals surface area contributed by atoms with E-state index in [2.05, 4.69) is 15.4 Å². The summed E-state index contributed by atoms with van der Waals surface area (Å²) in [6.07, 6.45) is 1.45. The van der Waals surface area contributed by atoms with Gasteiger partial charge in [0.05, 0.1) is 12.7 Å². The summed E-state index contributed by atoms with van der Waals surface area (Å²) in [5.41, 5.74) is 0.357. The number of thiophene rings is 1. The Morgan fingerprint density at radius 2 is 2.41 bits per heavy atom. The summed E-state index contributed by atoms with van der Waals surface area (Å²) in [5, 5.41) is 12.0. The molecule has 0 atom stereocenters. The highest BCUT2D eigenvalue weighted by atomic mass is 32.1. The number of carbonyl (C=O) groups excluding carboxylic acids is 1. The molecule has 0 fully saturated rings. The van der Waals surface area contributed by atoms with E-state index in [0.717, 1.165) is 4.88 Å². The molecular weight excluding hydrogens is 236 g/mol. The zero-order valence-electron chi connectivity index (χ0n) is 9.75. The molecule has 0 aliphatic rings. The summed E-state index contributed by atoms with van der Waals surface area (Å²) in [4.78, 5) is 15.1. The van der Waals surface area contributed by atoms with E-state index < -0.39 is 0 Å². The fraction of sp³-hybridized carbons (Fsp3) is 0.364. The minimum Gasteiger partial charge on any atom is -0.330 e. The summed E-state index contributed by atoms with van der Waals surface area (Å²) in [7, 11) is 0. The predicted molar refractivity (Wildman–Crippen MR) is 65.7 cm³/mol. The molecule has 1 N–H and O–H groups in total. The van der Waals surface area contributed by atoms with Crippen molar-refractivity contribution in [3.05, 3.63) is 34.3 Å². The first kappa shape index (κ1) is 11.8. The molecular formula is C11H14N4OS. The lowest BCUT2D eigenvalue weighted by Crippen LogP contribution is -2.36. The maximum atomic E-state index is 12.2. The predicted octanol–water partition coefficient (Wildman–Crippen LogP) is 1.92. The second-order valence-electron chi connectivity index (χ2n) is 3.96. The summed E-state index contributed by atoms with van der Waals surface area (Å²) in [6, 6.07) is 4.14. The first-order valence-electron chi connectivity index (χ1n) is 5.37. The van der Waals surface area contributed by atoms with Crippen molar-refractivity contribution in [1.29, 1.82) is 0 Å². The van der Waals surface area contributed by atoms with Gasteiger partial charge in [-0.1, -0.05) is 6.07 Å². The SMILES string of the molecule is CC(C)N(Cc1cccs1)C(=O)c1cn[nH]n1. The van der Waals surface area contributed by atoms with Crippen LogP contribution in [-0.4, -0.2) is 32.3 Å². The van der Waals surface area contributed by atoms with Gasteiger partial charge >= 0.3 is 0 Å². The Hall–Kier alpha value is -1.69. The van der Waals surface area contributed by atoms with Crippen LogP contribution in [-0.2, 0) is 6.54 Å². The van der Waals surface area contributed by atoms with E-state index in [-0.39, 0.29) is 11.9 Å². The van der Waals surface area contributed by atoms with E-state index in [1.165, 1.54) is 6.20 Å². The molecule has 0 aliphatic carbocycles. The minimum atomic E-state index is -0.0952. The van der Waals surface area contributed by atoms with Gasteiger partial charge in [0.2, 0.25) is 0 Å². The zero-order chi connectivity index (χ0) is 12.3. The van der Waals surface area contributed by atoms with Gasteiger partial charge in [-0.3, -0.25) is 4.79 Å². The fourth-order valence-electron chi connectivity index (χ4n) is 1.51. The van der Waals surface area contributed by atoms with E-state index in [1.54, 1.807) is 16.2 Å². The number of aromatic amines is 1. The molecule has 5 nitrogen and oxygen atoms in total. The van der Waals surface area contributed by atoms with Gasteiger partial charge in [-0.15, -0.1) is 11.3 Å². The average molecular weight is 250 g/mol. The van der Waals surface area contributed by atoms with Crippen LogP contribution < -0.4 is 0 Å². The number of hydrogen-bond donors (Lipinski definition) is 1. The largest absolute Gasteiger partial charge is 0.330 e. The minimum absolute atomic E-state index is 0.0952. The smallest absolute Gasteiger partial charge is 0.276 e. The van der Waals surface area contributed by atoms with Crippen LogP contribution in [0.1, 0.15) is 29.2 Å². The number of aromatic nitrogens is 3. The van der Waals surface area contributed by atoms with Crippen molar-refractivity contribution < 1.29 is 4.79 Å². The van der Waals surface area contributed by atoms with Crippen LogP contribution in [0, 0.1) is 0 Å². The fourth-order valence-corrected chi connectivity index (χ4v) is 2.21. The van der Waals surface area contributed by atoms with Crippen LogP contribution in [0.15, 0.2) is 23.7 Å². The third kappa shape index (κ3) is 2.71. The van der Waals surface area contributed by atoms with Gasteiger partial charge in [-0.25, -0.2) is 0 Å². The molecule has 0 saturated heterocycles. The molecule has 6 heteroatoms. The van der Waals surface area contributed by atoms with Crippen LogP contribution in [0.3, 0.4) is 0 Å². The second-order valence-corrected chi connectivity index (χ2v) is 4.99. The highest BCUT2D eigenvalue weighted by Crippen LogP contribution is 2.15. The molecule has 0 radical (unpaired) electrons. The number of hydrogen-bond acceptors (Lipinski definition) is 4. The van der Waals surface area contributed by atoms with Crippen molar-refractivity contribution in [2.45, 2.75) is 26.4 Å². The lowest BCUT2D eigenvalue weighted by Gasteiger charge is -2.25. The molecule has 2 rings (SSSR count). The van der Waals surface area contributed by atoms with Gasteiger partial charge in [0.1, 0.15) is 0 Å². The van der Waals surface area contributed by atoms with Gasteiger partial charge in [0, 0.05) is 10.9 Å². The van der Waals surface area contributed by atoms with Gasteiger partial charge in [0.25, 0.3) is 5.91 Å². The average Bonchev–Trinajstić information content (AvgIpc) is 2.97. The third-order valence-corrected chi connectivity index (χ3v) is 3.29. The van der Waals surface area contributed by atoms with Gasteiger partial charge in [0.15, 0.2) is 5.69 Å². The summed E-state index contributed by atoms with van der Waals surface area (Å²) >= 11 is 1.65. The number of nitrogens with one attached hydrogen (secondary N) is 1. The number of nitrogens with zero attached hydrogens (tertiary/aromatic N) is 3. The Labute approximate surface area is 103 Å². The van der Waals surface area contributed by atoms with Crippen LogP contribution in [0.25, 0.3) is 0 Å². The molecule has 0 aliphatic heterocycles. The van der Waals surface area contributed by atoms with Crippen LogP contribution in [0.5, 0.6) is 0 Å². The highest BCUT2D eigenvalue weighted by Gasteiger charge is 2.21. The van der Waals surface area contributed by atoms with Crippen molar-refractivity contribution in [3.8, 4) is 0 Å². The molecule has 2 aromatic heterocycles. The van der Waals surface area contributed by atoms with Crippen LogP contribution >= 0.6 is 11.3 Å². The maximum absolute atomic E-state index is 12.2.